The lowest BCUT2D eigenvalue weighted by atomic mass is 9.92. The fourth-order valence-electron chi connectivity index (χ4n) is 14.9. The third-order valence-corrected chi connectivity index (χ3v) is 24.4. The third-order valence-electron chi connectivity index (χ3n) is 22.2. The van der Waals surface area contributed by atoms with Crippen LogP contribution in [0.5, 0.6) is 0 Å². The first-order valence-corrected chi connectivity index (χ1v) is 48.4. The van der Waals surface area contributed by atoms with E-state index < -0.39 is 212 Å². The Balaban J connectivity index is 0.000000175. The average Bonchev–Trinajstić information content (AvgIpc) is 1.65. The SMILES string of the molecule is C=C[C@]1(C(=O)N[C@@H]2C=C(C(=O)NS(C)(=O)=O)OC2)CC(c2cc(F)cc(F)c2)=NO1.C=C[C@]1(C(=O)N[C@H]2CO[C@@H](C(=O)NOC)C2)CC(c2cc(C)cc(F)c2)=NO1.C=C[C@]1(C(=O)N[C@H]2CO[C@@H](C(=O)NS(=O)(=O)C(F)(F)F)C2)CC(c2cc(F)cc(F)c2)=NO1.CONC(=O)C1=C[C@@H](NC(=O)[C@@]2(C)CC(c3cc(F)cc(F)c3)=NO2)CO1.C[C@]1(C(=O)N[C@H]2CO[C@@H](C(=O)NS(C)(=O)=O)C2)CC(c2cc(F)cc(F)c2)=NO1. The van der Waals surface area contributed by atoms with Crippen molar-refractivity contribution in [3.05, 3.63) is 238 Å². The maximum absolute atomic E-state index is 13.7. The number of carbonyl (C=O) groups excluding carboxylic acids is 10. The zero-order chi connectivity index (χ0) is 108. The fraction of sp³-hybridized carbons (Fsp3) is 0.382. The molecule has 10 aliphatic rings. The molecule has 58 heteroatoms. The molecule has 0 saturated carbocycles. The molecule has 792 valence electrons. The molecule has 0 radical (unpaired) electrons. The molecule has 0 spiro atoms. The van der Waals surface area contributed by atoms with Gasteiger partial charge in [0.25, 0.3) is 53.2 Å². The maximum Gasteiger partial charge on any atom is 0.516 e. The van der Waals surface area contributed by atoms with Crippen LogP contribution in [0.3, 0.4) is 0 Å². The number of carbonyl (C=O) groups is 10. The molecule has 10 heterocycles. The van der Waals surface area contributed by atoms with Gasteiger partial charge in [-0.05, 0) is 123 Å². The van der Waals surface area contributed by atoms with Gasteiger partial charge in [0.1, 0.15) is 83.9 Å². The molecule has 10 aliphatic heterocycles. The lowest BCUT2D eigenvalue weighted by Crippen LogP contribution is -2.50. The van der Waals surface area contributed by atoms with Gasteiger partial charge in [-0.25, -0.2) is 76.8 Å². The number of rotatable bonds is 28. The second-order valence-corrected chi connectivity index (χ2v) is 39.3. The summed E-state index contributed by atoms with van der Waals surface area (Å²) in [7, 11) is -10.8. The minimum atomic E-state index is -5.91. The summed E-state index contributed by atoms with van der Waals surface area (Å²) in [5.41, 5.74) is -6.00. The highest BCUT2D eigenvalue weighted by Gasteiger charge is 2.53. The van der Waals surface area contributed by atoms with Crippen LogP contribution in [-0.4, -0.2) is 255 Å². The van der Waals surface area contributed by atoms with Crippen molar-refractivity contribution in [3.63, 3.8) is 0 Å². The number of alkyl halides is 3. The van der Waals surface area contributed by atoms with Crippen molar-refractivity contribution in [2.24, 2.45) is 25.8 Å². The number of nitrogens with zero attached hydrogens (tertiary/aromatic N) is 5. The van der Waals surface area contributed by atoms with Gasteiger partial charge in [-0.1, -0.05) is 45.5 Å². The van der Waals surface area contributed by atoms with Gasteiger partial charge in [0.2, 0.25) is 48.1 Å². The van der Waals surface area contributed by atoms with Crippen molar-refractivity contribution in [3.8, 4) is 0 Å². The molecule has 5 aromatic carbocycles. The van der Waals surface area contributed by atoms with E-state index in [1.165, 1.54) is 64.5 Å². The fourth-order valence-corrected chi connectivity index (χ4v) is 16.3. The van der Waals surface area contributed by atoms with Crippen molar-refractivity contribution in [2.75, 3.05) is 59.8 Å². The van der Waals surface area contributed by atoms with Crippen LogP contribution >= 0.6 is 0 Å². The van der Waals surface area contributed by atoms with E-state index in [0.29, 0.717) is 29.8 Å². The smallest absolute Gasteiger partial charge is 0.486 e. The lowest BCUT2D eigenvalue weighted by molar-refractivity contribution is -0.142. The molecule has 15 rings (SSSR count). The summed E-state index contributed by atoms with van der Waals surface area (Å²) < 4.78 is 255. The number of hydroxylamine groups is 2. The predicted molar refractivity (Wildman–Crippen MR) is 484 cm³/mol. The maximum atomic E-state index is 13.7. The quantitative estimate of drug-likeness (QED) is 0.0192. The van der Waals surface area contributed by atoms with Gasteiger partial charge in [-0.3, -0.25) is 62.3 Å². The van der Waals surface area contributed by atoms with Crippen LogP contribution in [0.15, 0.2) is 178 Å². The Labute approximate surface area is 827 Å². The monoisotopic (exact) mass is 2140 g/mol. The Kier molecular flexibility index (Phi) is 35.5. The van der Waals surface area contributed by atoms with E-state index >= 15 is 0 Å². The second kappa shape index (κ2) is 46.3. The number of sulfonamides is 3. The van der Waals surface area contributed by atoms with Crippen LogP contribution in [0.2, 0.25) is 0 Å². The Morgan fingerprint density at radius 1 is 0.381 bits per heavy atom. The number of amides is 10. The highest BCUT2D eigenvalue weighted by molar-refractivity contribution is 7.91. The van der Waals surface area contributed by atoms with Crippen molar-refractivity contribution < 1.29 is 183 Å². The van der Waals surface area contributed by atoms with E-state index in [2.05, 4.69) is 92.7 Å². The largest absolute Gasteiger partial charge is 0.516 e. The number of oxime groups is 5. The first kappa shape index (κ1) is 113. The molecule has 3 fully saturated rings. The molecular formula is C89H91F12N15O28S3. The molecule has 3 saturated heterocycles. The van der Waals surface area contributed by atoms with Crippen molar-refractivity contribution >= 4 is 118 Å². The van der Waals surface area contributed by atoms with Crippen LogP contribution in [0.25, 0.3) is 0 Å². The van der Waals surface area contributed by atoms with Crippen LogP contribution in [0.4, 0.5) is 52.7 Å². The molecule has 0 unspecified atom stereocenters. The van der Waals surface area contributed by atoms with E-state index in [9.17, 15) is 126 Å². The van der Waals surface area contributed by atoms with E-state index in [1.807, 2.05) is 4.72 Å². The summed E-state index contributed by atoms with van der Waals surface area (Å²) >= 11 is 0. The topological polar surface area (TPSA) is 566 Å². The summed E-state index contributed by atoms with van der Waals surface area (Å²) in [5.74, 6) is -14.3. The van der Waals surface area contributed by atoms with Crippen molar-refractivity contribution in [2.45, 2.75) is 154 Å². The molecule has 13 atom stereocenters. The number of aryl methyl sites for hydroxylation is 1. The number of hydrogen-bond donors (Lipinski definition) is 10. The van der Waals surface area contributed by atoms with Crippen LogP contribution < -0.4 is 51.7 Å². The van der Waals surface area contributed by atoms with Gasteiger partial charge in [0.05, 0.1) is 105 Å². The summed E-state index contributed by atoms with van der Waals surface area (Å²) in [4.78, 5) is 158. The minimum Gasteiger partial charge on any atom is -0.486 e. The first-order valence-electron chi connectivity index (χ1n) is 43.1. The van der Waals surface area contributed by atoms with Crippen LogP contribution in [0, 0.1) is 59.3 Å². The summed E-state index contributed by atoms with van der Waals surface area (Å²) in [6.07, 6.45) is 4.49. The van der Waals surface area contributed by atoms with Crippen LogP contribution in [-0.2, 0) is 136 Å². The molecule has 0 bridgehead atoms. The average molecular weight is 2140 g/mol. The Hall–Kier alpha value is -14.7. The molecule has 10 amide bonds. The summed E-state index contributed by atoms with van der Waals surface area (Å²) in [6.45, 7) is 15.3. The van der Waals surface area contributed by atoms with Gasteiger partial charge in [-0.15, -0.1) is 0 Å². The number of halogens is 12. The van der Waals surface area contributed by atoms with Crippen molar-refractivity contribution in [1.82, 2.24) is 51.7 Å². The molecule has 147 heavy (non-hydrogen) atoms. The number of ether oxygens (including phenoxy) is 5. The zero-order valence-corrected chi connectivity index (χ0v) is 80.4. The summed E-state index contributed by atoms with van der Waals surface area (Å²) in [5, 5.41) is 32.2. The van der Waals surface area contributed by atoms with Gasteiger partial charge in [0, 0.05) is 103 Å². The standard InChI is InChI=1S/C19H22FN3O5.C18H16F5N3O6S.C18H17F2N3O6S.C17H19F2N3O6S.C17H17F2N3O5/c1-4-19(9-15(22-28-19)12-5-11(2)6-13(20)7-12)18(25)21-14-8-16(27-10-14)17(24)23-26-3;1-2-17(7-13(25-32-17)9-3-10(19)5-11(20)4-9)16(28)24-12-6-14(31-8-12)15(27)26-33(29,30)18(21,22)23;1-3-18(8-14(22-29-18)10-4-11(19)6-12(20)5-10)17(25)21-13-7-15(28-9-13)16(24)23-30(2,26)27;1-17(7-13(21-28-17)9-3-10(18)5-11(19)4-9)16(24)20-12-6-14(27-8-12)15(23)22-29(2,25)26;1-17(7-13(21-27-17)9-3-10(18)5-11(19)4-9)16(24)20-12-6-14(26-8-12)15(23)22-25-2/h4-7,14,16H,1,8-10H2,2-3H3,(H,21,25)(H,23,24);2-5,12,14H,1,6-8H2,(H,24,28)(H,26,27);3-7,13H,1,8-9H2,2H3,(H,21,25)(H,23,24);3-5,12,14H,6-8H2,1-2H3,(H,20,24)(H,22,23);3-6,12H,7-8H2,1-2H3,(H,20,24)(H,22,23)/t14-,16-,19-;12-,14-,17-;13-,18-;12-,14-,17-;12-,17-/m11111/s1. The number of nitrogens with one attached hydrogen (secondary N) is 10. The summed E-state index contributed by atoms with van der Waals surface area (Å²) in [6, 6.07) is 12.7. The third kappa shape index (κ3) is 29.2. The first-order chi connectivity index (χ1) is 68.9. The Morgan fingerprint density at radius 2 is 0.673 bits per heavy atom. The van der Waals surface area contributed by atoms with Gasteiger partial charge in [0.15, 0.2) is 11.5 Å². The lowest BCUT2D eigenvalue weighted by Gasteiger charge is -2.23. The van der Waals surface area contributed by atoms with Gasteiger partial charge in [-0.2, -0.15) is 21.6 Å². The van der Waals surface area contributed by atoms with E-state index in [0.717, 1.165) is 89.5 Å². The van der Waals surface area contributed by atoms with Gasteiger partial charge >= 0.3 is 21.4 Å². The zero-order valence-electron chi connectivity index (χ0n) is 77.9. The van der Waals surface area contributed by atoms with E-state index in [-0.39, 0.29) is 146 Å². The molecular weight excluding hydrogens is 2050 g/mol. The van der Waals surface area contributed by atoms with E-state index in [1.54, 1.807) is 17.7 Å². The molecule has 0 aliphatic carbocycles. The molecule has 10 N–H and O–H groups in total. The molecule has 0 aromatic heterocycles. The number of hydrogen-bond acceptors (Lipinski definition) is 33. The normalized spacial score (nSPS) is 25.0. The van der Waals surface area contributed by atoms with Crippen LogP contribution in [0.1, 0.15) is 98.6 Å². The Morgan fingerprint density at radius 3 is 1.01 bits per heavy atom. The predicted octanol–water partition coefficient (Wildman–Crippen LogP) is 4.00. The Bertz CT molecular complexity index is 6560. The second-order valence-electron chi connectivity index (χ2n) is 34.1. The highest BCUT2D eigenvalue weighted by Crippen LogP contribution is 2.37. The molecule has 43 nitrogen and oxygen atoms in total. The van der Waals surface area contributed by atoms with E-state index in [4.69, 9.17) is 47.9 Å². The highest BCUT2D eigenvalue weighted by atomic mass is 32.2. The number of benzene rings is 5. The minimum absolute atomic E-state index is 0.00644. The van der Waals surface area contributed by atoms with Crippen molar-refractivity contribution in [1.29, 1.82) is 0 Å². The molecule has 5 aromatic rings. The van der Waals surface area contributed by atoms with Gasteiger partial charge < -0.3 is 74.5 Å².